The highest BCUT2D eigenvalue weighted by molar-refractivity contribution is 14.1. The highest BCUT2D eigenvalue weighted by atomic mass is 127. The summed E-state index contributed by atoms with van der Waals surface area (Å²) in [7, 11) is 0. The van der Waals surface area contributed by atoms with Gasteiger partial charge in [0.25, 0.3) is 0 Å². The van der Waals surface area contributed by atoms with Gasteiger partial charge in [-0.1, -0.05) is 11.6 Å². The number of hydrogen-bond acceptors (Lipinski definition) is 3. The molecule has 0 bridgehead atoms. The van der Waals surface area contributed by atoms with E-state index in [0.29, 0.717) is 6.54 Å². The molecule has 3 rings (SSSR count). The van der Waals surface area contributed by atoms with Crippen molar-refractivity contribution in [2.24, 2.45) is 0 Å². The van der Waals surface area contributed by atoms with Gasteiger partial charge in [-0.2, -0.15) is 5.10 Å². The minimum absolute atomic E-state index is 0.656. The van der Waals surface area contributed by atoms with Gasteiger partial charge in [-0.05, 0) is 59.8 Å². The lowest BCUT2D eigenvalue weighted by Crippen LogP contribution is -2.01. The van der Waals surface area contributed by atoms with Crippen LogP contribution in [0.5, 0.6) is 0 Å². The first-order chi connectivity index (χ1) is 10.1. The summed E-state index contributed by atoms with van der Waals surface area (Å²) in [6, 6.07) is 9.66. The van der Waals surface area contributed by atoms with E-state index >= 15 is 0 Å². The van der Waals surface area contributed by atoms with Crippen molar-refractivity contribution in [1.29, 1.82) is 0 Å². The van der Waals surface area contributed by atoms with Gasteiger partial charge in [-0.25, -0.2) is 0 Å². The van der Waals surface area contributed by atoms with Gasteiger partial charge in [-0.15, -0.1) is 0 Å². The predicted octanol–water partition coefficient (Wildman–Crippen LogP) is 4.85. The zero-order valence-electron chi connectivity index (χ0n) is 11.3. The third-order valence-corrected chi connectivity index (χ3v) is 4.23. The first kappa shape index (κ1) is 14.5. The molecule has 0 radical (unpaired) electrons. The van der Waals surface area contributed by atoms with Gasteiger partial charge < -0.3 is 9.73 Å². The number of benzene rings is 1. The molecule has 0 saturated carbocycles. The molecule has 108 valence electrons. The molecule has 0 amide bonds. The van der Waals surface area contributed by atoms with E-state index < -0.39 is 0 Å². The standard InChI is InChI=1S/C15H13ClIN3O/c1-9-2-5-14(21-9)15-10(8-19-20-15)7-18-13-4-3-11(16)6-12(13)17/h2-6,8,18H,7H2,1H3,(H,19,20). The van der Waals surface area contributed by atoms with E-state index in [4.69, 9.17) is 16.0 Å². The Labute approximate surface area is 141 Å². The molecule has 21 heavy (non-hydrogen) atoms. The number of anilines is 1. The molecule has 0 aliphatic carbocycles. The van der Waals surface area contributed by atoms with Crippen LogP contribution in [-0.4, -0.2) is 10.2 Å². The summed E-state index contributed by atoms with van der Waals surface area (Å²) in [6.07, 6.45) is 1.81. The summed E-state index contributed by atoms with van der Waals surface area (Å²) in [5.74, 6) is 1.68. The van der Waals surface area contributed by atoms with E-state index in [1.54, 1.807) is 0 Å². The Morgan fingerprint density at radius 3 is 2.90 bits per heavy atom. The smallest absolute Gasteiger partial charge is 0.152 e. The minimum Gasteiger partial charge on any atom is -0.460 e. The maximum atomic E-state index is 5.96. The lowest BCUT2D eigenvalue weighted by atomic mass is 10.2. The molecule has 0 saturated heterocycles. The first-order valence-corrected chi connectivity index (χ1v) is 7.87. The van der Waals surface area contributed by atoms with Crippen LogP contribution < -0.4 is 5.32 Å². The van der Waals surface area contributed by atoms with Gasteiger partial charge in [0.15, 0.2) is 5.76 Å². The molecule has 0 unspecified atom stereocenters. The maximum Gasteiger partial charge on any atom is 0.152 e. The van der Waals surface area contributed by atoms with Gasteiger partial charge in [0.2, 0.25) is 0 Å². The van der Waals surface area contributed by atoms with Crippen LogP contribution in [0, 0.1) is 10.5 Å². The molecule has 2 N–H and O–H groups in total. The lowest BCUT2D eigenvalue weighted by molar-refractivity contribution is 0.545. The van der Waals surface area contributed by atoms with Crippen LogP contribution in [0.3, 0.4) is 0 Å². The maximum absolute atomic E-state index is 5.96. The molecule has 1 aromatic carbocycles. The molecular formula is C15H13ClIN3O. The zero-order valence-corrected chi connectivity index (χ0v) is 14.2. The number of rotatable bonds is 4. The largest absolute Gasteiger partial charge is 0.460 e. The Morgan fingerprint density at radius 1 is 1.33 bits per heavy atom. The summed E-state index contributed by atoms with van der Waals surface area (Å²) in [5, 5.41) is 11.2. The predicted molar refractivity (Wildman–Crippen MR) is 92.5 cm³/mol. The van der Waals surface area contributed by atoms with E-state index in [2.05, 4.69) is 38.1 Å². The van der Waals surface area contributed by atoms with Crippen molar-refractivity contribution in [1.82, 2.24) is 10.2 Å². The van der Waals surface area contributed by atoms with Crippen LogP contribution in [0.2, 0.25) is 5.02 Å². The third-order valence-electron chi connectivity index (χ3n) is 3.11. The molecule has 0 atom stereocenters. The first-order valence-electron chi connectivity index (χ1n) is 6.41. The highest BCUT2D eigenvalue weighted by Crippen LogP contribution is 2.26. The number of nitrogens with one attached hydrogen (secondary N) is 2. The van der Waals surface area contributed by atoms with Crippen LogP contribution in [0.15, 0.2) is 40.9 Å². The average molecular weight is 414 g/mol. The molecule has 0 aliphatic rings. The quantitative estimate of drug-likeness (QED) is 0.601. The molecule has 2 heterocycles. The summed E-state index contributed by atoms with van der Waals surface area (Å²) in [4.78, 5) is 0. The summed E-state index contributed by atoms with van der Waals surface area (Å²) in [5.41, 5.74) is 3.00. The highest BCUT2D eigenvalue weighted by Gasteiger charge is 2.11. The van der Waals surface area contributed by atoms with Crippen molar-refractivity contribution in [2.45, 2.75) is 13.5 Å². The average Bonchev–Trinajstić information content (AvgIpc) is 3.06. The summed E-state index contributed by atoms with van der Waals surface area (Å²) in [6.45, 7) is 2.58. The van der Waals surface area contributed by atoms with Crippen molar-refractivity contribution >= 4 is 39.9 Å². The molecule has 3 aromatic rings. The van der Waals surface area contributed by atoms with E-state index in [-0.39, 0.29) is 0 Å². The second-order valence-electron chi connectivity index (χ2n) is 4.66. The van der Waals surface area contributed by atoms with E-state index in [1.807, 2.05) is 43.5 Å². The minimum atomic E-state index is 0.656. The number of aromatic amines is 1. The Bertz CT molecular complexity index is 766. The second-order valence-corrected chi connectivity index (χ2v) is 6.26. The van der Waals surface area contributed by atoms with Crippen molar-refractivity contribution in [3.63, 3.8) is 0 Å². The normalized spacial score (nSPS) is 10.8. The van der Waals surface area contributed by atoms with Crippen LogP contribution in [0.25, 0.3) is 11.5 Å². The Morgan fingerprint density at radius 2 is 2.19 bits per heavy atom. The Balaban J connectivity index is 1.79. The fraction of sp³-hybridized carbons (Fsp3) is 0.133. The van der Waals surface area contributed by atoms with Gasteiger partial charge in [0.05, 0.1) is 6.20 Å². The van der Waals surface area contributed by atoms with Gasteiger partial charge in [-0.3, -0.25) is 5.10 Å². The second kappa shape index (κ2) is 6.11. The van der Waals surface area contributed by atoms with Crippen molar-refractivity contribution < 1.29 is 4.42 Å². The van der Waals surface area contributed by atoms with E-state index in [0.717, 1.165) is 37.1 Å². The number of H-pyrrole nitrogens is 1. The number of aryl methyl sites for hydroxylation is 1. The third kappa shape index (κ3) is 3.24. The summed E-state index contributed by atoms with van der Waals surface area (Å²) < 4.78 is 6.72. The molecule has 0 spiro atoms. The number of furan rings is 1. The van der Waals surface area contributed by atoms with Gasteiger partial charge >= 0.3 is 0 Å². The topological polar surface area (TPSA) is 53.9 Å². The van der Waals surface area contributed by atoms with Crippen LogP contribution in [0.1, 0.15) is 11.3 Å². The fourth-order valence-corrected chi connectivity index (χ4v) is 3.11. The number of hydrogen-bond donors (Lipinski definition) is 2. The Kier molecular flexibility index (Phi) is 4.21. The SMILES string of the molecule is Cc1ccc(-c2[nH]ncc2CNc2ccc(Cl)cc2I)o1. The molecule has 2 aromatic heterocycles. The molecule has 6 heteroatoms. The lowest BCUT2D eigenvalue weighted by Gasteiger charge is -2.08. The van der Waals surface area contributed by atoms with Crippen LogP contribution in [0.4, 0.5) is 5.69 Å². The van der Waals surface area contributed by atoms with Crippen molar-refractivity contribution in [2.75, 3.05) is 5.32 Å². The van der Waals surface area contributed by atoms with E-state index in [9.17, 15) is 0 Å². The molecular weight excluding hydrogens is 401 g/mol. The molecule has 4 nitrogen and oxygen atoms in total. The Hall–Kier alpha value is -1.47. The van der Waals surface area contributed by atoms with Crippen molar-refractivity contribution in [3.8, 4) is 11.5 Å². The van der Waals surface area contributed by atoms with Gasteiger partial charge in [0, 0.05) is 26.4 Å². The monoisotopic (exact) mass is 413 g/mol. The molecule has 0 aliphatic heterocycles. The van der Waals surface area contributed by atoms with Crippen LogP contribution in [-0.2, 0) is 6.54 Å². The number of halogens is 2. The fourth-order valence-electron chi connectivity index (χ4n) is 2.05. The molecule has 0 fully saturated rings. The van der Waals surface area contributed by atoms with E-state index in [1.165, 1.54) is 0 Å². The van der Waals surface area contributed by atoms with Crippen LogP contribution >= 0.6 is 34.2 Å². The summed E-state index contributed by atoms with van der Waals surface area (Å²) >= 11 is 8.23. The zero-order chi connectivity index (χ0) is 14.8. The number of aromatic nitrogens is 2. The van der Waals surface area contributed by atoms with Gasteiger partial charge in [0.1, 0.15) is 11.5 Å². The van der Waals surface area contributed by atoms with Crippen molar-refractivity contribution in [3.05, 3.63) is 56.4 Å². The number of nitrogens with zero attached hydrogens (tertiary/aromatic N) is 1.